The first-order valence-electron chi connectivity index (χ1n) is 11.2. The highest BCUT2D eigenvalue weighted by molar-refractivity contribution is 5.76. The lowest BCUT2D eigenvalue weighted by molar-refractivity contribution is 0.0361. The van der Waals surface area contributed by atoms with Gasteiger partial charge in [-0.3, -0.25) is 27.8 Å². The molecule has 3 aromatic heterocycles. The fourth-order valence-corrected chi connectivity index (χ4v) is 4.49. The number of hydrogen-bond donors (Lipinski definition) is 0. The highest BCUT2D eigenvalue weighted by Crippen LogP contribution is 2.27. The minimum Gasteiger partial charge on any atom is -0.492 e. The molecule has 4 aromatic rings. The standard InChI is InChI=1S/C23H28N6O4/c1-4-33-18-8-6-5-7-17(18)29-16(2)15-28-19-20(24-22(28)29)25(3)23(31)27(21(19)30)10-9-26-11-13-32-14-12-26/h5-8,15H,4,9-14H2,1-3H3. The molecule has 1 saturated heterocycles. The molecule has 0 spiro atoms. The summed E-state index contributed by atoms with van der Waals surface area (Å²) in [5.41, 5.74) is 1.80. The smallest absolute Gasteiger partial charge is 0.332 e. The molecular weight excluding hydrogens is 424 g/mol. The third-order valence-corrected chi connectivity index (χ3v) is 6.18. The van der Waals surface area contributed by atoms with E-state index in [2.05, 4.69) is 4.90 Å². The number of hydrogen-bond acceptors (Lipinski definition) is 6. The molecule has 33 heavy (non-hydrogen) atoms. The zero-order valence-electron chi connectivity index (χ0n) is 19.2. The van der Waals surface area contributed by atoms with Crippen LogP contribution in [0.4, 0.5) is 0 Å². The first-order chi connectivity index (χ1) is 16.0. The van der Waals surface area contributed by atoms with Gasteiger partial charge in [-0.2, -0.15) is 4.98 Å². The van der Waals surface area contributed by atoms with Crippen LogP contribution in [0, 0.1) is 6.92 Å². The Morgan fingerprint density at radius 3 is 2.64 bits per heavy atom. The third kappa shape index (κ3) is 3.55. The van der Waals surface area contributed by atoms with Crippen molar-refractivity contribution in [1.82, 2.24) is 28.0 Å². The van der Waals surface area contributed by atoms with Crippen molar-refractivity contribution in [3.05, 3.63) is 57.0 Å². The summed E-state index contributed by atoms with van der Waals surface area (Å²) in [7, 11) is 1.66. The number of rotatable bonds is 6. The summed E-state index contributed by atoms with van der Waals surface area (Å²) < 4.78 is 17.7. The summed E-state index contributed by atoms with van der Waals surface area (Å²) >= 11 is 0. The van der Waals surface area contributed by atoms with Crippen molar-refractivity contribution >= 4 is 16.9 Å². The summed E-state index contributed by atoms with van der Waals surface area (Å²) in [5, 5.41) is 0. The Labute approximate surface area is 190 Å². The topological polar surface area (TPSA) is 87.9 Å². The highest BCUT2D eigenvalue weighted by atomic mass is 16.5. The number of ether oxygens (including phenoxy) is 2. The molecule has 0 bridgehead atoms. The number of nitrogens with zero attached hydrogens (tertiary/aromatic N) is 6. The van der Waals surface area contributed by atoms with Crippen molar-refractivity contribution in [3.8, 4) is 11.4 Å². The van der Waals surface area contributed by atoms with Crippen LogP contribution in [0.25, 0.3) is 22.6 Å². The molecule has 4 heterocycles. The molecule has 0 radical (unpaired) electrons. The minimum absolute atomic E-state index is 0.321. The van der Waals surface area contributed by atoms with Crippen LogP contribution in [0.1, 0.15) is 12.6 Å². The molecule has 0 aliphatic carbocycles. The summed E-state index contributed by atoms with van der Waals surface area (Å²) in [6.45, 7) is 8.32. The van der Waals surface area contributed by atoms with Crippen molar-refractivity contribution in [2.24, 2.45) is 7.05 Å². The lowest BCUT2D eigenvalue weighted by Gasteiger charge is -2.26. The van der Waals surface area contributed by atoms with Gasteiger partial charge in [0, 0.05) is 45.1 Å². The summed E-state index contributed by atoms with van der Waals surface area (Å²) in [4.78, 5) is 33.5. The molecule has 10 heteroatoms. The molecule has 0 atom stereocenters. The van der Waals surface area contributed by atoms with E-state index in [1.807, 2.05) is 48.9 Å². The number of aryl methyl sites for hydroxylation is 2. The normalized spacial score (nSPS) is 15.0. The van der Waals surface area contributed by atoms with Gasteiger partial charge in [-0.15, -0.1) is 0 Å². The van der Waals surface area contributed by atoms with E-state index in [1.54, 1.807) is 11.4 Å². The van der Waals surface area contributed by atoms with E-state index in [4.69, 9.17) is 14.5 Å². The maximum absolute atomic E-state index is 13.5. The Hall–Kier alpha value is -3.37. The molecule has 1 aliphatic heterocycles. The number of aromatic nitrogens is 5. The Balaban J connectivity index is 1.67. The lowest BCUT2D eigenvalue weighted by Crippen LogP contribution is -2.44. The zero-order chi connectivity index (χ0) is 23.1. The average molecular weight is 453 g/mol. The van der Waals surface area contributed by atoms with Crippen molar-refractivity contribution in [1.29, 1.82) is 0 Å². The van der Waals surface area contributed by atoms with Gasteiger partial charge in [0.1, 0.15) is 5.75 Å². The van der Waals surface area contributed by atoms with Crippen LogP contribution in [-0.2, 0) is 18.3 Å². The van der Waals surface area contributed by atoms with Crippen LogP contribution in [0.2, 0.25) is 0 Å². The van der Waals surface area contributed by atoms with E-state index < -0.39 is 0 Å². The molecule has 1 fully saturated rings. The molecule has 1 aromatic carbocycles. The van der Waals surface area contributed by atoms with Crippen molar-refractivity contribution in [3.63, 3.8) is 0 Å². The van der Waals surface area contributed by atoms with Crippen LogP contribution in [-0.4, -0.2) is 67.4 Å². The van der Waals surface area contributed by atoms with Gasteiger partial charge >= 0.3 is 5.69 Å². The number of fused-ring (bicyclic) bond motifs is 3. The fourth-order valence-electron chi connectivity index (χ4n) is 4.49. The minimum atomic E-state index is -0.362. The van der Waals surface area contributed by atoms with Gasteiger partial charge in [-0.25, -0.2) is 4.79 Å². The van der Waals surface area contributed by atoms with Crippen LogP contribution >= 0.6 is 0 Å². The van der Waals surface area contributed by atoms with Gasteiger partial charge in [0.25, 0.3) is 5.56 Å². The maximum Gasteiger partial charge on any atom is 0.332 e. The van der Waals surface area contributed by atoms with Gasteiger partial charge in [0.2, 0.25) is 5.78 Å². The molecule has 0 unspecified atom stereocenters. The van der Waals surface area contributed by atoms with Crippen molar-refractivity contribution < 1.29 is 9.47 Å². The van der Waals surface area contributed by atoms with Gasteiger partial charge < -0.3 is 9.47 Å². The number of para-hydroxylation sites is 2. The summed E-state index contributed by atoms with van der Waals surface area (Å²) in [6, 6.07) is 7.72. The van der Waals surface area contributed by atoms with E-state index in [0.29, 0.717) is 49.9 Å². The van der Waals surface area contributed by atoms with E-state index in [9.17, 15) is 9.59 Å². The fraction of sp³-hybridized carbons (Fsp3) is 0.435. The third-order valence-electron chi connectivity index (χ3n) is 6.18. The molecule has 1 aliphatic rings. The molecule has 0 amide bonds. The first-order valence-corrected chi connectivity index (χ1v) is 11.2. The molecule has 174 valence electrons. The molecule has 0 saturated carbocycles. The Morgan fingerprint density at radius 1 is 1.12 bits per heavy atom. The predicted octanol–water partition coefficient (Wildman–Crippen LogP) is 1.18. The second-order valence-corrected chi connectivity index (χ2v) is 8.21. The van der Waals surface area contributed by atoms with Crippen molar-refractivity contribution in [2.45, 2.75) is 20.4 Å². The monoisotopic (exact) mass is 452 g/mol. The SMILES string of the molecule is CCOc1ccccc1-n1c(C)cn2c3c(=O)n(CCN4CCOCC4)c(=O)n(C)c3nc12. The van der Waals surface area contributed by atoms with Crippen molar-refractivity contribution in [2.75, 3.05) is 39.5 Å². The molecule has 10 nitrogen and oxygen atoms in total. The van der Waals surface area contributed by atoms with Gasteiger partial charge in [-0.1, -0.05) is 12.1 Å². The van der Waals surface area contributed by atoms with Crippen LogP contribution < -0.4 is 16.0 Å². The zero-order valence-corrected chi connectivity index (χ0v) is 19.2. The largest absolute Gasteiger partial charge is 0.492 e. The number of imidazole rings is 2. The molecule has 5 rings (SSSR count). The van der Waals surface area contributed by atoms with Crippen LogP contribution in [0.5, 0.6) is 5.75 Å². The average Bonchev–Trinajstić information content (AvgIpc) is 3.33. The van der Waals surface area contributed by atoms with Gasteiger partial charge in [0.15, 0.2) is 11.2 Å². The second-order valence-electron chi connectivity index (χ2n) is 8.21. The summed E-state index contributed by atoms with van der Waals surface area (Å²) in [6.07, 6.45) is 1.88. The van der Waals surface area contributed by atoms with E-state index in [1.165, 1.54) is 9.13 Å². The quantitative estimate of drug-likeness (QED) is 0.437. The van der Waals surface area contributed by atoms with Crippen LogP contribution in [0.3, 0.4) is 0 Å². The lowest BCUT2D eigenvalue weighted by atomic mass is 10.3. The number of morpholine rings is 1. The second kappa shape index (κ2) is 8.53. The molecular formula is C23H28N6O4. The number of benzene rings is 1. The van der Waals surface area contributed by atoms with Crippen LogP contribution in [0.15, 0.2) is 40.1 Å². The Morgan fingerprint density at radius 2 is 1.88 bits per heavy atom. The highest BCUT2D eigenvalue weighted by Gasteiger charge is 2.22. The van der Waals surface area contributed by atoms with E-state index >= 15 is 0 Å². The van der Waals surface area contributed by atoms with Gasteiger partial charge in [0.05, 0.1) is 25.5 Å². The first kappa shape index (κ1) is 21.5. The van der Waals surface area contributed by atoms with E-state index in [0.717, 1.165) is 30.2 Å². The maximum atomic E-state index is 13.5. The predicted molar refractivity (Wildman–Crippen MR) is 125 cm³/mol. The summed E-state index contributed by atoms with van der Waals surface area (Å²) in [5.74, 6) is 1.29. The van der Waals surface area contributed by atoms with E-state index in [-0.39, 0.29) is 11.2 Å². The Bertz CT molecular complexity index is 1440. The molecule has 0 N–H and O–H groups in total. The van der Waals surface area contributed by atoms with Gasteiger partial charge in [-0.05, 0) is 26.0 Å². The Kier molecular flexibility index (Phi) is 5.55.